The van der Waals surface area contributed by atoms with E-state index in [-0.39, 0.29) is 25.0 Å². The molecule has 1 amide bonds. The maximum absolute atomic E-state index is 11.2. The lowest BCUT2D eigenvalue weighted by atomic mass is 10.3. The van der Waals surface area contributed by atoms with Crippen LogP contribution in [-0.4, -0.2) is 44.2 Å². The Balaban J connectivity index is 3.72. The number of rotatable bonds is 6. The van der Waals surface area contributed by atoms with Crippen LogP contribution in [0.25, 0.3) is 0 Å². The molecule has 0 rings (SSSR count). The zero-order valence-electron chi connectivity index (χ0n) is 8.24. The minimum atomic E-state index is -0.522. The number of aliphatic hydroxyl groups excluding tert-OH is 1. The van der Waals surface area contributed by atoms with Gasteiger partial charge in [-0.25, -0.2) is 0 Å². The number of hydrogen-bond donors (Lipinski definition) is 2. The van der Waals surface area contributed by atoms with Gasteiger partial charge in [0.2, 0.25) is 5.91 Å². The van der Waals surface area contributed by atoms with Crippen LogP contribution in [0.5, 0.6) is 0 Å². The van der Waals surface area contributed by atoms with Gasteiger partial charge in [-0.05, 0) is 6.92 Å². The first-order valence-electron chi connectivity index (χ1n) is 4.09. The summed E-state index contributed by atoms with van der Waals surface area (Å²) in [7, 11) is 2.94. The largest absolute Gasteiger partial charge is 0.394 e. The molecule has 78 valence electrons. The normalized spacial score (nSPS) is 13.0. The summed E-state index contributed by atoms with van der Waals surface area (Å²) in [5, 5.41) is 11.2. The molecule has 5 heteroatoms. The molecule has 0 aromatic carbocycles. The summed E-state index contributed by atoms with van der Waals surface area (Å²) < 4.78 is 9.68. The fourth-order valence-electron chi connectivity index (χ4n) is 0.794. The van der Waals surface area contributed by atoms with Crippen LogP contribution in [0.3, 0.4) is 0 Å². The first-order valence-corrected chi connectivity index (χ1v) is 4.09. The monoisotopic (exact) mass is 191 g/mol. The highest BCUT2D eigenvalue weighted by Crippen LogP contribution is 1.97. The van der Waals surface area contributed by atoms with Crippen LogP contribution < -0.4 is 5.32 Å². The van der Waals surface area contributed by atoms with Gasteiger partial charge in [0, 0.05) is 20.3 Å². The van der Waals surface area contributed by atoms with E-state index in [1.807, 2.05) is 0 Å². The maximum atomic E-state index is 11.2. The van der Waals surface area contributed by atoms with Crippen molar-refractivity contribution in [1.82, 2.24) is 5.32 Å². The lowest BCUT2D eigenvalue weighted by molar-refractivity contribution is -0.139. The van der Waals surface area contributed by atoms with Gasteiger partial charge < -0.3 is 19.9 Å². The summed E-state index contributed by atoms with van der Waals surface area (Å²) >= 11 is 0. The van der Waals surface area contributed by atoms with Crippen molar-refractivity contribution in [2.24, 2.45) is 0 Å². The fraction of sp³-hybridized carbons (Fsp3) is 0.875. The van der Waals surface area contributed by atoms with Crippen molar-refractivity contribution in [2.45, 2.75) is 25.7 Å². The minimum Gasteiger partial charge on any atom is -0.394 e. The van der Waals surface area contributed by atoms with E-state index in [0.29, 0.717) is 0 Å². The molecule has 0 heterocycles. The zero-order valence-corrected chi connectivity index (χ0v) is 8.24. The van der Waals surface area contributed by atoms with E-state index in [2.05, 4.69) is 5.32 Å². The molecule has 0 saturated carbocycles. The molecule has 0 radical (unpaired) electrons. The molecule has 0 saturated heterocycles. The van der Waals surface area contributed by atoms with Gasteiger partial charge in [0.1, 0.15) is 0 Å². The average Bonchev–Trinajstić information content (AvgIpc) is 2.13. The van der Waals surface area contributed by atoms with Crippen LogP contribution in [0.1, 0.15) is 13.3 Å². The summed E-state index contributed by atoms with van der Waals surface area (Å²) in [6.07, 6.45) is -0.386. The van der Waals surface area contributed by atoms with Crippen molar-refractivity contribution in [2.75, 3.05) is 20.8 Å². The minimum absolute atomic E-state index is 0.0730. The van der Waals surface area contributed by atoms with Crippen molar-refractivity contribution in [3.63, 3.8) is 0 Å². The highest BCUT2D eigenvalue weighted by atomic mass is 16.7. The molecule has 0 unspecified atom stereocenters. The standard InChI is InChI=1S/C8H17NO4/c1-6(5-10)9-7(11)4-8(12-2)13-3/h6,8,10H,4-5H2,1-3H3,(H,9,11)/t6-/m0/s1. The predicted molar refractivity (Wildman–Crippen MR) is 47.1 cm³/mol. The number of carbonyl (C=O) groups is 1. The lowest BCUT2D eigenvalue weighted by Crippen LogP contribution is -2.37. The number of carbonyl (C=O) groups excluding carboxylic acids is 1. The second-order valence-corrected chi connectivity index (χ2v) is 2.76. The third-order valence-corrected chi connectivity index (χ3v) is 1.56. The van der Waals surface area contributed by atoms with Gasteiger partial charge in [-0.3, -0.25) is 4.79 Å². The average molecular weight is 191 g/mol. The van der Waals surface area contributed by atoms with Gasteiger partial charge in [-0.2, -0.15) is 0 Å². The molecule has 0 spiro atoms. The molecule has 13 heavy (non-hydrogen) atoms. The lowest BCUT2D eigenvalue weighted by Gasteiger charge is -2.15. The van der Waals surface area contributed by atoms with E-state index in [1.54, 1.807) is 6.92 Å². The SMILES string of the molecule is COC(CC(=O)N[C@@H](C)CO)OC. The first-order chi connectivity index (χ1) is 6.13. The van der Waals surface area contributed by atoms with Gasteiger partial charge in [0.05, 0.1) is 13.0 Å². The van der Waals surface area contributed by atoms with Crippen molar-refractivity contribution in [3.8, 4) is 0 Å². The Bertz CT molecular complexity index is 147. The third kappa shape index (κ3) is 5.57. The van der Waals surface area contributed by atoms with Crippen LogP contribution in [0.4, 0.5) is 0 Å². The summed E-state index contributed by atoms with van der Waals surface area (Å²) in [6.45, 7) is 1.64. The Kier molecular flexibility index (Phi) is 6.48. The van der Waals surface area contributed by atoms with Gasteiger partial charge in [0.15, 0.2) is 6.29 Å². The van der Waals surface area contributed by atoms with Crippen molar-refractivity contribution >= 4 is 5.91 Å². The van der Waals surface area contributed by atoms with E-state index < -0.39 is 6.29 Å². The fourth-order valence-corrected chi connectivity index (χ4v) is 0.794. The number of nitrogens with one attached hydrogen (secondary N) is 1. The third-order valence-electron chi connectivity index (χ3n) is 1.56. The second kappa shape index (κ2) is 6.82. The van der Waals surface area contributed by atoms with E-state index in [1.165, 1.54) is 14.2 Å². The molecule has 0 aromatic rings. The maximum Gasteiger partial charge on any atom is 0.225 e. The number of ether oxygens (including phenoxy) is 2. The smallest absolute Gasteiger partial charge is 0.225 e. The van der Waals surface area contributed by atoms with Crippen molar-refractivity contribution in [1.29, 1.82) is 0 Å². The predicted octanol–water partition coefficient (Wildman–Crippen LogP) is -0.508. The quantitative estimate of drug-likeness (QED) is 0.555. The molecule has 0 aliphatic heterocycles. The Hall–Kier alpha value is -0.650. The van der Waals surface area contributed by atoms with Crippen LogP contribution in [0, 0.1) is 0 Å². The molecular weight excluding hydrogens is 174 g/mol. The molecule has 2 N–H and O–H groups in total. The molecular formula is C8H17NO4. The number of methoxy groups -OCH3 is 2. The Morgan fingerprint density at radius 3 is 2.38 bits per heavy atom. The highest BCUT2D eigenvalue weighted by molar-refractivity contribution is 5.76. The number of hydrogen-bond acceptors (Lipinski definition) is 4. The summed E-state index contributed by atoms with van der Waals surface area (Å²) in [4.78, 5) is 11.2. The Morgan fingerprint density at radius 2 is 2.00 bits per heavy atom. The van der Waals surface area contributed by atoms with Crippen molar-refractivity contribution in [3.05, 3.63) is 0 Å². The van der Waals surface area contributed by atoms with Gasteiger partial charge in [-0.1, -0.05) is 0 Å². The Labute approximate surface area is 78.0 Å². The van der Waals surface area contributed by atoms with E-state index in [4.69, 9.17) is 14.6 Å². The molecule has 0 aromatic heterocycles. The molecule has 5 nitrogen and oxygen atoms in total. The topological polar surface area (TPSA) is 67.8 Å². The zero-order chi connectivity index (χ0) is 10.3. The molecule has 0 aliphatic rings. The van der Waals surface area contributed by atoms with E-state index >= 15 is 0 Å². The van der Waals surface area contributed by atoms with Gasteiger partial charge in [-0.15, -0.1) is 0 Å². The summed E-state index contributed by atoms with van der Waals surface area (Å²) in [5.74, 6) is -0.199. The number of aliphatic hydroxyl groups is 1. The molecule has 0 aliphatic carbocycles. The highest BCUT2D eigenvalue weighted by Gasteiger charge is 2.13. The van der Waals surface area contributed by atoms with Gasteiger partial charge in [0.25, 0.3) is 0 Å². The van der Waals surface area contributed by atoms with Crippen LogP contribution >= 0.6 is 0 Å². The molecule has 0 bridgehead atoms. The van der Waals surface area contributed by atoms with Crippen LogP contribution in [0.15, 0.2) is 0 Å². The summed E-state index contributed by atoms with van der Waals surface area (Å²) in [6, 6.07) is -0.234. The Morgan fingerprint density at radius 1 is 1.46 bits per heavy atom. The number of amides is 1. The van der Waals surface area contributed by atoms with Crippen LogP contribution in [0.2, 0.25) is 0 Å². The first kappa shape index (κ1) is 12.3. The van der Waals surface area contributed by atoms with E-state index in [0.717, 1.165) is 0 Å². The molecule has 1 atom stereocenters. The molecule has 0 fully saturated rings. The van der Waals surface area contributed by atoms with Gasteiger partial charge >= 0.3 is 0 Å². The van der Waals surface area contributed by atoms with Crippen LogP contribution in [-0.2, 0) is 14.3 Å². The van der Waals surface area contributed by atoms with Crippen molar-refractivity contribution < 1.29 is 19.4 Å². The van der Waals surface area contributed by atoms with E-state index in [9.17, 15) is 4.79 Å². The second-order valence-electron chi connectivity index (χ2n) is 2.76. The summed E-state index contributed by atoms with van der Waals surface area (Å²) in [5.41, 5.74) is 0.